The summed E-state index contributed by atoms with van der Waals surface area (Å²) in [6.45, 7) is 1.90. The number of nitrogens with one attached hydrogen (secondary N) is 2. The molecule has 0 aliphatic carbocycles. The molecule has 5 heteroatoms. The number of para-hydroxylation sites is 1. The van der Waals surface area contributed by atoms with Crippen LogP contribution in [0.2, 0.25) is 0 Å². The van der Waals surface area contributed by atoms with Gasteiger partial charge in [-0.2, -0.15) is 0 Å². The maximum absolute atomic E-state index is 12.2. The van der Waals surface area contributed by atoms with Crippen LogP contribution in [0.3, 0.4) is 0 Å². The normalized spacial score (nSPS) is 11.6. The molecule has 1 atom stereocenters. The zero-order valence-electron chi connectivity index (χ0n) is 13.7. The van der Waals surface area contributed by atoms with E-state index in [1.165, 1.54) is 0 Å². The van der Waals surface area contributed by atoms with Crippen molar-refractivity contribution >= 4 is 17.5 Å². The summed E-state index contributed by atoms with van der Waals surface area (Å²) in [5.41, 5.74) is 2.41. The summed E-state index contributed by atoms with van der Waals surface area (Å²) >= 11 is 0. The molecule has 0 aliphatic heterocycles. The largest absolute Gasteiger partial charge is 0.396 e. The van der Waals surface area contributed by atoms with Crippen molar-refractivity contribution in [2.75, 3.05) is 11.9 Å². The van der Waals surface area contributed by atoms with Gasteiger partial charge < -0.3 is 15.7 Å². The minimum absolute atomic E-state index is 0.0363. The first kappa shape index (κ1) is 17.7. The number of carbonyl (C=O) groups excluding carboxylic acids is 2. The van der Waals surface area contributed by atoms with E-state index in [1.54, 1.807) is 12.1 Å². The second kappa shape index (κ2) is 8.84. The molecule has 3 N–H and O–H groups in total. The number of hydrogen-bond acceptors (Lipinski definition) is 3. The summed E-state index contributed by atoms with van der Waals surface area (Å²) in [7, 11) is 0. The number of amides is 2. The molecule has 0 aliphatic rings. The van der Waals surface area contributed by atoms with Crippen LogP contribution >= 0.6 is 0 Å². The average Bonchev–Trinajstić information content (AvgIpc) is 2.61. The van der Waals surface area contributed by atoms with Crippen molar-refractivity contribution in [3.8, 4) is 0 Å². The first-order valence-corrected chi connectivity index (χ1v) is 7.95. The molecule has 2 rings (SSSR count). The van der Waals surface area contributed by atoms with Gasteiger partial charge in [0.2, 0.25) is 0 Å². The molecule has 0 fully saturated rings. The maximum Gasteiger partial charge on any atom is 0.313 e. The van der Waals surface area contributed by atoms with E-state index in [9.17, 15) is 9.59 Å². The van der Waals surface area contributed by atoms with Crippen molar-refractivity contribution in [1.82, 2.24) is 5.32 Å². The third-order valence-electron chi connectivity index (χ3n) is 3.76. The highest BCUT2D eigenvalue weighted by molar-refractivity contribution is 6.39. The van der Waals surface area contributed by atoms with Gasteiger partial charge in [-0.3, -0.25) is 9.59 Å². The standard InChI is InChI=1S/C19H22N2O3/c1-14-8-5-6-11-16(14)20-18(23)19(24)21-17(12-7-13-22)15-9-3-2-4-10-15/h2-6,8-11,17,22H,7,12-13H2,1H3,(H,20,23)(H,21,24). The molecule has 2 aromatic rings. The van der Waals surface area contributed by atoms with Crippen LogP contribution in [-0.2, 0) is 9.59 Å². The summed E-state index contributed by atoms with van der Waals surface area (Å²) < 4.78 is 0. The molecule has 0 saturated carbocycles. The van der Waals surface area contributed by atoms with Gasteiger partial charge in [0.15, 0.2) is 0 Å². The number of benzene rings is 2. The number of carbonyl (C=O) groups is 2. The van der Waals surface area contributed by atoms with E-state index in [0.717, 1.165) is 11.1 Å². The lowest BCUT2D eigenvalue weighted by Crippen LogP contribution is -2.38. The molecule has 1 unspecified atom stereocenters. The van der Waals surface area contributed by atoms with Gasteiger partial charge in [-0.05, 0) is 37.0 Å². The van der Waals surface area contributed by atoms with E-state index in [4.69, 9.17) is 5.11 Å². The Morgan fingerprint density at radius 2 is 1.67 bits per heavy atom. The van der Waals surface area contributed by atoms with Crippen molar-refractivity contribution in [1.29, 1.82) is 0 Å². The van der Waals surface area contributed by atoms with Crippen molar-refractivity contribution in [2.24, 2.45) is 0 Å². The fourth-order valence-corrected chi connectivity index (χ4v) is 2.42. The lowest BCUT2D eigenvalue weighted by molar-refractivity contribution is -0.136. The Hall–Kier alpha value is -2.66. The monoisotopic (exact) mass is 326 g/mol. The summed E-state index contributed by atoms with van der Waals surface area (Å²) in [4.78, 5) is 24.4. The highest BCUT2D eigenvalue weighted by atomic mass is 16.3. The van der Waals surface area contributed by atoms with Crippen LogP contribution in [0.25, 0.3) is 0 Å². The van der Waals surface area contributed by atoms with E-state index in [-0.39, 0.29) is 12.6 Å². The molecule has 0 radical (unpaired) electrons. The Balaban J connectivity index is 2.04. The summed E-state index contributed by atoms with van der Waals surface area (Å²) in [6.07, 6.45) is 1.10. The van der Waals surface area contributed by atoms with E-state index in [0.29, 0.717) is 18.5 Å². The van der Waals surface area contributed by atoms with Crippen molar-refractivity contribution < 1.29 is 14.7 Å². The number of hydrogen-bond donors (Lipinski definition) is 3. The first-order chi connectivity index (χ1) is 11.6. The lowest BCUT2D eigenvalue weighted by atomic mass is 10.0. The SMILES string of the molecule is Cc1ccccc1NC(=O)C(=O)NC(CCCO)c1ccccc1. The highest BCUT2D eigenvalue weighted by Gasteiger charge is 2.20. The summed E-state index contributed by atoms with van der Waals surface area (Å²) in [5.74, 6) is -1.39. The van der Waals surface area contributed by atoms with Gasteiger partial charge in [0.1, 0.15) is 0 Å². The molecular formula is C19H22N2O3. The minimum atomic E-state index is -0.700. The predicted octanol–water partition coefficient (Wildman–Crippen LogP) is 2.56. The molecule has 0 bridgehead atoms. The van der Waals surface area contributed by atoms with Gasteiger partial charge in [-0.1, -0.05) is 48.5 Å². The van der Waals surface area contributed by atoms with Crippen LogP contribution in [0, 0.1) is 6.92 Å². The third kappa shape index (κ3) is 4.93. The van der Waals surface area contributed by atoms with Gasteiger partial charge in [0.05, 0.1) is 6.04 Å². The van der Waals surface area contributed by atoms with Crippen LogP contribution < -0.4 is 10.6 Å². The van der Waals surface area contributed by atoms with Gasteiger partial charge in [0.25, 0.3) is 0 Å². The molecule has 5 nitrogen and oxygen atoms in total. The Morgan fingerprint density at radius 3 is 2.33 bits per heavy atom. The van der Waals surface area contributed by atoms with E-state index in [2.05, 4.69) is 10.6 Å². The number of aryl methyl sites for hydroxylation is 1. The fraction of sp³-hybridized carbons (Fsp3) is 0.263. The van der Waals surface area contributed by atoms with Crippen LogP contribution in [-0.4, -0.2) is 23.5 Å². The van der Waals surface area contributed by atoms with Crippen molar-refractivity contribution in [2.45, 2.75) is 25.8 Å². The average molecular weight is 326 g/mol. The minimum Gasteiger partial charge on any atom is -0.396 e. The van der Waals surface area contributed by atoms with Crippen LogP contribution in [0.15, 0.2) is 54.6 Å². The molecule has 2 aromatic carbocycles. The Labute approximate surface area is 141 Å². The van der Waals surface area contributed by atoms with Crippen LogP contribution in [0.5, 0.6) is 0 Å². The molecule has 126 valence electrons. The Morgan fingerprint density at radius 1 is 1.00 bits per heavy atom. The molecule has 24 heavy (non-hydrogen) atoms. The van der Waals surface area contributed by atoms with Crippen molar-refractivity contribution in [3.63, 3.8) is 0 Å². The number of aliphatic hydroxyl groups is 1. The molecule has 0 aromatic heterocycles. The number of aliphatic hydroxyl groups excluding tert-OH is 1. The summed E-state index contributed by atoms with van der Waals surface area (Å²) in [6, 6.07) is 16.4. The van der Waals surface area contributed by atoms with Crippen LogP contribution in [0.4, 0.5) is 5.69 Å². The van der Waals surface area contributed by atoms with E-state index >= 15 is 0 Å². The smallest absolute Gasteiger partial charge is 0.313 e. The van der Waals surface area contributed by atoms with Gasteiger partial charge >= 0.3 is 11.8 Å². The molecule has 0 heterocycles. The van der Waals surface area contributed by atoms with Crippen LogP contribution in [0.1, 0.15) is 30.0 Å². The lowest BCUT2D eigenvalue weighted by Gasteiger charge is -2.19. The second-order valence-electron chi connectivity index (χ2n) is 5.57. The van der Waals surface area contributed by atoms with Gasteiger partial charge in [-0.15, -0.1) is 0 Å². The fourth-order valence-electron chi connectivity index (χ4n) is 2.42. The van der Waals surface area contributed by atoms with Gasteiger partial charge in [-0.25, -0.2) is 0 Å². The number of anilines is 1. The van der Waals surface area contributed by atoms with Crippen molar-refractivity contribution in [3.05, 3.63) is 65.7 Å². The Kier molecular flexibility index (Phi) is 6.51. The van der Waals surface area contributed by atoms with E-state index in [1.807, 2.05) is 49.4 Å². The summed E-state index contributed by atoms with van der Waals surface area (Å²) in [5, 5.41) is 14.4. The van der Waals surface area contributed by atoms with E-state index < -0.39 is 11.8 Å². The Bertz CT molecular complexity index is 686. The molecule has 2 amide bonds. The molecular weight excluding hydrogens is 304 g/mol. The highest BCUT2D eigenvalue weighted by Crippen LogP contribution is 2.18. The zero-order valence-corrected chi connectivity index (χ0v) is 13.7. The van der Waals surface area contributed by atoms with Gasteiger partial charge in [0, 0.05) is 12.3 Å². The maximum atomic E-state index is 12.2. The topological polar surface area (TPSA) is 78.4 Å². The third-order valence-corrected chi connectivity index (χ3v) is 3.76. The predicted molar refractivity (Wildman–Crippen MR) is 93.5 cm³/mol. The second-order valence-corrected chi connectivity index (χ2v) is 5.57. The molecule has 0 saturated heterocycles. The zero-order chi connectivity index (χ0) is 17.4. The quantitative estimate of drug-likeness (QED) is 0.714. The first-order valence-electron chi connectivity index (χ1n) is 7.95. The molecule has 0 spiro atoms. The number of rotatable bonds is 6.